The summed E-state index contributed by atoms with van der Waals surface area (Å²) in [5, 5.41) is 6.35. The fourth-order valence-electron chi connectivity index (χ4n) is 3.13. The first-order valence-corrected chi connectivity index (χ1v) is 8.18. The van der Waals surface area contributed by atoms with Gasteiger partial charge in [-0.1, -0.05) is 0 Å². The van der Waals surface area contributed by atoms with Gasteiger partial charge in [0.15, 0.2) is 0 Å². The summed E-state index contributed by atoms with van der Waals surface area (Å²) in [6.45, 7) is 3.16. The van der Waals surface area contributed by atoms with Gasteiger partial charge >= 0.3 is 0 Å². The summed E-state index contributed by atoms with van der Waals surface area (Å²) in [5.74, 6) is 0.628. The summed E-state index contributed by atoms with van der Waals surface area (Å²) in [5.41, 5.74) is 2.44. The second kappa shape index (κ2) is 5.44. The van der Waals surface area contributed by atoms with E-state index in [0.717, 1.165) is 25.2 Å². The van der Waals surface area contributed by atoms with Crippen molar-refractivity contribution in [3.05, 3.63) is 36.4 Å². The van der Waals surface area contributed by atoms with Crippen LogP contribution in [0.25, 0.3) is 10.2 Å². The van der Waals surface area contributed by atoms with E-state index >= 15 is 0 Å². The molecular formula is C15H17N5S. The highest BCUT2D eigenvalue weighted by atomic mass is 32.1. The van der Waals surface area contributed by atoms with E-state index in [1.54, 1.807) is 17.7 Å². The predicted octanol–water partition coefficient (Wildman–Crippen LogP) is 2.80. The lowest BCUT2D eigenvalue weighted by atomic mass is 9.97. The van der Waals surface area contributed by atoms with Crippen LogP contribution in [-0.4, -0.2) is 32.8 Å². The lowest BCUT2D eigenvalue weighted by Gasteiger charge is -2.34. The molecule has 1 saturated heterocycles. The highest BCUT2D eigenvalue weighted by Crippen LogP contribution is 2.32. The summed E-state index contributed by atoms with van der Waals surface area (Å²) in [6.07, 6.45) is 7.83. The maximum Gasteiger partial charge on any atom is 0.137 e. The first-order chi connectivity index (χ1) is 10.4. The van der Waals surface area contributed by atoms with Crippen LogP contribution in [0.4, 0.5) is 5.69 Å². The summed E-state index contributed by atoms with van der Waals surface area (Å²) in [4.78, 5) is 11.0. The number of pyridine rings is 1. The number of rotatable bonds is 3. The van der Waals surface area contributed by atoms with Gasteiger partial charge in [-0.3, -0.25) is 9.67 Å². The Bertz CT molecular complexity index is 721. The Balaban J connectivity index is 1.56. The Kier molecular flexibility index (Phi) is 3.31. The number of hydrogen-bond donors (Lipinski definition) is 0. The maximum absolute atomic E-state index is 4.44. The normalized spacial score (nSPS) is 19.2. The quantitative estimate of drug-likeness (QED) is 0.746. The van der Waals surface area contributed by atoms with E-state index in [1.807, 2.05) is 17.2 Å². The lowest BCUT2D eigenvalue weighted by molar-refractivity contribution is 0.352. The zero-order valence-corrected chi connectivity index (χ0v) is 12.5. The first kappa shape index (κ1) is 12.8. The molecule has 0 N–H and O–H groups in total. The summed E-state index contributed by atoms with van der Waals surface area (Å²) >= 11 is 1.78. The summed E-state index contributed by atoms with van der Waals surface area (Å²) in [7, 11) is 0. The Morgan fingerprint density at radius 1 is 1.33 bits per heavy atom. The molecule has 4 heterocycles. The standard InChI is InChI=1S/C15H17N5S/c1-2-12(9-20-11-16-10-18-20)8-19(6-1)14-3-5-17-13-4-7-21-15(13)14/h3-5,7,10-12H,1-2,6,8-9H2. The molecule has 4 rings (SSSR count). The van der Waals surface area contributed by atoms with Crippen LogP contribution >= 0.6 is 11.3 Å². The van der Waals surface area contributed by atoms with Crippen LogP contribution in [0.3, 0.4) is 0 Å². The molecular weight excluding hydrogens is 282 g/mol. The van der Waals surface area contributed by atoms with Crippen molar-refractivity contribution in [2.24, 2.45) is 5.92 Å². The maximum atomic E-state index is 4.44. The number of aromatic nitrogens is 4. The Labute approximate surface area is 127 Å². The molecule has 1 atom stereocenters. The highest BCUT2D eigenvalue weighted by molar-refractivity contribution is 7.17. The van der Waals surface area contributed by atoms with Crippen LogP contribution < -0.4 is 4.90 Å². The van der Waals surface area contributed by atoms with Crippen LogP contribution in [0.2, 0.25) is 0 Å². The zero-order chi connectivity index (χ0) is 14.1. The molecule has 1 unspecified atom stereocenters. The second-order valence-corrected chi connectivity index (χ2v) is 6.45. The third kappa shape index (κ3) is 2.51. The lowest BCUT2D eigenvalue weighted by Crippen LogP contribution is -2.37. The molecule has 1 aliphatic rings. The van der Waals surface area contributed by atoms with Gasteiger partial charge in [0.2, 0.25) is 0 Å². The van der Waals surface area contributed by atoms with Gasteiger partial charge in [0.1, 0.15) is 12.7 Å². The Morgan fingerprint density at radius 2 is 2.33 bits per heavy atom. The largest absolute Gasteiger partial charge is 0.370 e. The number of fused-ring (bicyclic) bond motifs is 1. The van der Waals surface area contributed by atoms with Crippen molar-refractivity contribution in [1.82, 2.24) is 19.7 Å². The van der Waals surface area contributed by atoms with Gasteiger partial charge < -0.3 is 4.90 Å². The van der Waals surface area contributed by atoms with Crippen LogP contribution in [0.5, 0.6) is 0 Å². The van der Waals surface area contributed by atoms with E-state index in [1.165, 1.54) is 23.2 Å². The van der Waals surface area contributed by atoms with E-state index < -0.39 is 0 Å². The van der Waals surface area contributed by atoms with E-state index in [0.29, 0.717) is 5.92 Å². The van der Waals surface area contributed by atoms with Crippen LogP contribution in [0.15, 0.2) is 36.4 Å². The van der Waals surface area contributed by atoms with Crippen LogP contribution in [0.1, 0.15) is 12.8 Å². The molecule has 0 radical (unpaired) electrons. The van der Waals surface area contributed by atoms with Crippen molar-refractivity contribution in [2.45, 2.75) is 19.4 Å². The minimum Gasteiger partial charge on any atom is -0.370 e. The molecule has 21 heavy (non-hydrogen) atoms. The van der Waals surface area contributed by atoms with Gasteiger partial charge in [0, 0.05) is 25.8 Å². The summed E-state index contributed by atoms with van der Waals surface area (Å²) < 4.78 is 3.25. The van der Waals surface area contributed by atoms with Gasteiger partial charge in [0.25, 0.3) is 0 Å². The predicted molar refractivity (Wildman–Crippen MR) is 84.6 cm³/mol. The van der Waals surface area contributed by atoms with Gasteiger partial charge in [0.05, 0.1) is 15.9 Å². The smallest absolute Gasteiger partial charge is 0.137 e. The molecule has 0 aromatic carbocycles. The first-order valence-electron chi connectivity index (χ1n) is 7.30. The van der Waals surface area contributed by atoms with E-state index in [4.69, 9.17) is 0 Å². The third-order valence-electron chi connectivity index (χ3n) is 4.09. The zero-order valence-electron chi connectivity index (χ0n) is 11.7. The molecule has 108 valence electrons. The Morgan fingerprint density at radius 3 is 3.24 bits per heavy atom. The van der Waals surface area contributed by atoms with Crippen molar-refractivity contribution in [3.63, 3.8) is 0 Å². The fourth-order valence-corrected chi connectivity index (χ4v) is 4.03. The molecule has 0 saturated carbocycles. The molecule has 6 heteroatoms. The van der Waals surface area contributed by atoms with Crippen molar-refractivity contribution in [2.75, 3.05) is 18.0 Å². The van der Waals surface area contributed by atoms with Gasteiger partial charge in [-0.15, -0.1) is 11.3 Å². The highest BCUT2D eigenvalue weighted by Gasteiger charge is 2.22. The monoisotopic (exact) mass is 299 g/mol. The van der Waals surface area contributed by atoms with Gasteiger partial charge in [-0.05, 0) is 36.3 Å². The SMILES string of the molecule is c1cc(N2CCCC(Cn3cncn3)C2)c2sccc2n1. The van der Waals surface area contributed by atoms with Crippen molar-refractivity contribution in [1.29, 1.82) is 0 Å². The number of hydrogen-bond acceptors (Lipinski definition) is 5. The van der Waals surface area contributed by atoms with Crippen molar-refractivity contribution < 1.29 is 0 Å². The van der Waals surface area contributed by atoms with Gasteiger partial charge in [-0.2, -0.15) is 5.10 Å². The molecule has 0 amide bonds. The van der Waals surface area contributed by atoms with Gasteiger partial charge in [-0.25, -0.2) is 4.98 Å². The average Bonchev–Trinajstić information content (AvgIpc) is 3.18. The fraction of sp³-hybridized carbons (Fsp3) is 0.400. The Hall–Kier alpha value is -1.95. The average molecular weight is 299 g/mol. The van der Waals surface area contributed by atoms with Crippen LogP contribution in [-0.2, 0) is 6.54 Å². The van der Waals surface area contributed by atoms with Crippen molar-refractivity contribution >= 4 is 27.2 Å². The van der Waals surface area contributed by atoms with Crippen molar-refractivity contribution in [3.8, 4) is 0 Å². The van der Waals surface area contributed by atoms with E-state index in [9.17, 15) is 0 Å². The number of nitrogens with zero attached hydrogens (tertiary/aromatic N) is 5. The molecule has 0 aliphatic carbocycles. The minimum atomic E-state index is 0.628. The number of piperidine rings is 1. The second-order valence-electron chi connectivity index (χ2n) is 5.54. The number of anilines is 1. The molecule has 3 aromatic heterocycles. The molecule has 0 bridgehead atoms. The topological polar surface area (TPSA) is 46.8 Å². The number of thiophene rings is 1. The molecule has 0 spiro atoms. The van der Waals surface area contributed by atoms with E-state index in [2.05, 4.69) is 37.5 Å². The summed E-state index contributed by atoms with van der Waals surface area (Å²) in [6, 6.07) is 4.25. The molecule has 3 aromatic rings. The minimum absolute atomic E-state index is 0.628. The molecule has 1 aliphatic heterocycles. The van der Waals surface area contributed by atoms with Crippen LogP contribution in [0, 0.1) is 5.92 Å². The molecule has 1 fully saturated rings. The third-order valence-corrected chi connectivity index (χ3v) is 5.02. The molecule has 5 nitrogen and oxygen atoms in total. The van der Waals surface area contributed by atoms with E-state index in [-0.39, 0.29) is 0 Å².